The van der Waals surface area contributed by atoms with Gasteiger partial charge in [0.25, 0.3) is 0 Å². The van der Waals surface area contributed by atoms with Crippen LogP contribution in [-0.2, 0) is 9.53 Å². The van der Waals surface area contributed by atoms with E-state index in [1.807, 2.05) is 25.1 Å². The van der Waals surface area contributed by atoms with E-state index in [2.05, 4.69) is 4.90 Å². The monoisotopic (exact) mass is 339 g/mol. The normalized spacial score (nSPS) is 27.7. The predicted octanol–water partition coefficient (Wildman–Crippen LogP) is 2.45. The van der Waals surface area contributed by atoms with Crippen molar-refractivity contribution in [3.63, 3.8) is 0 Å². The summed E-state index contributed by atoms with van der Waals surface area (Å²) in [6.07, 6.45) is 0.813. The summed E-state index contributed by atoms with van der Waals surface area (Å²) in [6, 6.07) is 5.68. The topological polar surface area (TPSA) is 59.0 Å². The average molecular weight is 340 g/mol. The van der Waals surface area contributed by atoms with Gasteiger partial charge in [-0.15, -0.1) is 0 Å². The predicted molar refractivity (Wildman–Crippen MR) is 87.1 cm³/mol. The Morgan fingerprint density at radius 1 is 1.57 bits per heavy atom. The molecule has 2 atom stereocenters. The summed E-state index contributed by atoms with van der Waals surface area (Å²) in [7, 11) is 0. The minimum atomic E-state index is -0.751. The lowest BCUT2D eigenvalue weighted by Crippen LogP contribution is -2.46. The van der Waals surface area contributed by atoms with Gasteiger partial charge in [-0.1, -0.05) is 17.7 Å². The Morgan fingerprint density at radius 3 is 3.13 bits per heavy atom. The summed E-state index contributed by atoms with van der Waals surface area (Å²) >= 11 is 6.12. The third-order valence-corrected chi connectivity index (χ3v) is 5.23. The largest absolute Gasteiger partial charge is 0.491 e. The highest BCUT2D eigenvalue weighted by Gasteiger charge is 2.53. The summed E-state index contributed by atoms with van der Waals surface area (Å²) < 4.78 is 11.2. The number of nitrogens with zero attached hydrogens (tertiary/aromatic N) is 1. The van der Waals surface area contributed by atoms with Gasteiger partial charge < -0.3 is 14.6 Å². The summed E-state index contributed by atoms with van der Waals surface area (Å²) in [5.74, 6) is 0.100. The Balaban J connectivity index is 1.57. The Morgan fingerprint density at radius 2 is 2.39 bits per heavy atom. The van der Waals surface area contributed by atoms with Gasteiger partial charge in [-0.25, -0.2) is 0 Å². The number of hydrogen-bond acceptors (Lipinski definition) is 4. The number of carbonyl (C=O) groups is 1. The first-order chi connectivity index (χ1) is 11.0. The summed E-state index contributed by atoms with van der Waals surface area (Å²) in [5.41, 5.74) is 0.345. The van der Waals surface area contributed by atoms with Gasteiger partial charge in [-0.3, -0.25) is 9.69 Å². The average Bonchev–Trinajstić information content (AvgIpc) is 2.90. The number of halogens is 1. The zero-order chi connectivity index (χ0) is 16.4. The molecule has 2 aliphatic heterocycles. The fraction of sp³-hybridized carbons (Fsp3) is 0.588. The van der Waals surface area contributed by atoms with Crippen LogP contribution in [0.15, 0.2) is 18.2 Å². The van der Waals surface area contributed by atoms with E-state index in [1.165, 1.54) is 0 Å². The maximum Gasteiger partial charge on any atom is 0.313 e. The molecule has 1 aromatic rings. The molecule has 0 aromatic heterocycles. The highest BCUT2D eigenvalue weighted by atomic mass is 35.5. The number of aliphatic carboxylic acids is 1. The lowest BCUT2D eigenvalue weighted by molar-refractivity contribution is -0.159. The molecule has 1 aromatic carbocycles. The van der Waals surface area contributed by atoms with Crippen molar-refractivity contribution < 1.29 is 19.4 Å². The van der Waals surface area contributed by atoms with E-state index in [-0.39, 0.29) is 5.92 Å². The molecule has 1 N–H and O–H groups in total. The zero-order valence-electron chi connectivity index (χ0n) is 13.3. The molecule has 6 heteroatoms. The van der Waals surface area contributed by atoms with Gasteiger partial charge in [-0.05, 0) is 37.0 Å². The van der Waals surface area contributed by atoms with Gasteiger partial charge in [0.15, 0.2) is 0 Å². The number of rotatable bonds is 5. The molecule has 126 valence electrons. The summed E-state index contributed by atoms with van der Waals surface area (Å²) in [4.78, 5) is 13.9. The van der Waals surface area contributed by atoms with Crippen molar-refractivity contribution in [1.82, 2.24) is 4.90 Å². The first-order valence-electron chi connectivity index (χ1n) is 7.94. The number of ether oxygens (including phenoxy) is 2. The van der Waals surface area contributed by atoms with Crippen LogP contribution in [0.5, 0.6) is 5.75 Å². The van der Waals surface area contributed by atoms with Crippen LogP contribution in [0.3, 0.4) is 0 Å². The van der Waals surface area contributed by atoms with Crippen LogP contribution in [0.1, 0.15) is 12.0 Å². The smallest absolute Gasteiger partial charge is 0.313 e. The molecule has 0 spiro atoms. The van der Waals surface area contributed by atoms with E-state index < -0.39 is 11.4 Å². The van der Waals surface area contributed by atoms with Crippen molar-refractivity contribution in [2.75, 3.05) is 39.5 Å². The van der Waals surface area contributed by atoms with Crippen LogP contribution in [0.25, 0.3) is 0 Å². The summed E-state index contributed by atoms with van der Waals surface area (Å²) in [6.45, 7) is 5.46. The third kappa shape index (κ3) is 3.32. The first-order valence-corrected chi connectivity index (χ1v) is 8.31. The number of fused-ring (bicyclic) bond motifs is 1. The van der Waals surface area contributed by atoms with Gasteiger partial charge in [-0.2, -0.15) is 0 Å². The molecule has 2 aliphatic rings. The molecule has 2 fully saturated rings. The van der Waals surface area contributed by atoms with Crippen molar-refractivity contribution in [3.05, 3.63) is 28.8 Å². The number of benzene rings is 1. The standard InChI is InChI=1S/C17H22ClNO4/c1-12-2-3-14(18)15(8-12)23-7-5-19-9-13-4-6-22-11-17(13,10-19)16(20)21/h2-3,8,13H,4-7,9-11H2,1H3,(H,20,21)/t13-,17+/m0/s1. The second-order valence-corrected chi connectivity index (χ2v) is 6.92. The van der Waals surface area contributed by atoms with E-state index >= 15 is 0 Å². The molecule has 5 nitrogen and oxygen atoms in total. The summed E-state index contributed by atoms with van der Waals surface area (Å²) in [5, 5.41) is 10.2. The molecule has 3 rings (SSSR count). The van der Waals surface area contributed by atoms with Crippen molar-refractivity contribution in [2.45, 2.75) is 13.3 Å². The number of carboxylic acids is 1. The molecule has 2 saturated heterocycles. The van der Waals surface area contributed by atoms with Gasteiger partial charge >= 0.3 is 5.97 Å². The van der Waals surface area contributed by atoms with Crippen LogP contribution >= 0.6 is 11.6 Å². The van der Waals surface area contributed by atoms with E-state index in [0.717, 1.165) is 18.5 Å². The van der Waals surface area contributed by atoms with Crippen molar-refractivity contribution in [2.24, 2.45) is 11.3 Å². The van der Waals surface area contributed by atoms with Crippen LogP contribution in [0, 0.1) is 18.3 Å². The molecule has 0 radical (unpaired) electrons. The van der Waals surface area contributed by atoms with E-state index in [9.17, 15) is 9.90 Å². The van der Waals surface area contributed by atoms with Crippen molar-refractivity contribution in [1.29, 1.82) is 0 Å². The van der Waals surface area contributed by atoms with E-state index in [0.29, 0.717) is 43.7 Å². The molecular formula is C17H22ClNO4. The first kappa shape index (κ1) is 16.6. The Labute approximate surface area is 141 Å². The fourth-order valence-electron chi connectivity index (χ4n) is 3.57. The van der Waals surface area contributed by atoms with Gasteiger partial charge in [0, 0.05) is 26.2 Å². The highest BCUT2D eigenvalue weighted by molar-refractivity contribution is 6.32. The highest BCUT2D eigenvalue weighted by Crippen LogP contribution is 2.41. The SMILES string of the molecule is Cc1ccc(Cl)c(OCCN2C[C@@H]3CCOC[C@]3(C(=O)O)C2)c1. The molecule has 2 heterocycles. The zero-order valence-corrected chi connectivity index (χ0v) is 14.0. The Kier molecular flexibility index (Phi) is 4.80. The number of hydrogen-bond donors (Lipinski definition) is 1. The van der Waals surface area contributed by atoms with Gasteiger partial charge in [0.2, 0.25) is 0 Å². The second-order valence-electron chi connectivity index (χ2n) is 6.52. The Hall–Kier alpha value is -1.30. The maximum absolute atomic E-state index is 11.7. The maximum atomic E-state index is 11.7. The van der Waals surface area contributed by atoms with Crippen LogP contribution in [0.2, 0.25) is 5.02 Å². The number of likely N-dealkylation sites (tertiary alicyclic amines) is 1. The van der Waals surface area contributed by atoms with Crippen LogP contribution in [0.4, 0.5) is 0 Å². The third-order valence-electron chi connectivity index (χ3n) is 4.91. The van der Waals surface area contributed by atoms with Gasteiger partial charge in [0.1, 0.15) is 17.8 Å². The van der Waals surface area contributed by atoms with Crippen LogP contribution < -0.4 is 4.74 Å². The Bertz CT molecular complexity index is 594. The van der Waals surface area contributed by atoms with E-state index in [1.54, 1.807) is 0 Å². The number of aryl methyl sites for hydroxylation is 1. The molecule has 0 aliphatic carbocycles. The van der Waals surface area contributed by atoms with E-state index in [4.69, 9.17) is 21.1 Å². The van der Waals surface area contributed by atoms with Crippen molar-refractivity contribution in [3.8, 4) is 5.75 Å². The molecule has 23 heavy (non-hydrogen) atoms. The molecular weight excluding hydrogens is 318 g/mol. The molecule has 0 saturated carbocycles. The molecule has 0 bridgehead atoms. The molecule has 0 unspecified atom stereocenters. The van der Waals surface area contributed by atoms with Crippen LogP contribution in [-0.4, -0.2) is 55.4 Å². The minimum absolute atomic E-state index is 0.163. The van der Waals surface area contributed by atoms with Crippen molar-refractivity contribution >= 4 is 17.6 Å². The molecule has 0 amide bonds. The fourth-order valence-corrected chi connectivity index (χ4v) is 3.74. The van der Waals surface area contributed by atoms with Gasteiger partial charge in [0.05, 0.1) is 11.6 Å². The minimum Gasteiger partial charge on any atom is -0.491 e. The lowest BCUT2D eigenvalue weighted by atomic mass is 9.76. The lowest BCUT2D eigenvalue weighted by Gasteiger charge is -2.34. The number of carboxylic acid groups (broad SMARTS) is 1. The second kappa shape index (κ2) is 6.67. The quantitative estimate of drug-likeness (QED) is 0.893.